The molecule has 0 atom stereocenters. The summed E-state index contributed by atoms with van der Waals surface area (Å²) in [6, 6.07) is 0. The van der Waals surface area contributed by atoms with Crippen LogP contribution in [0.15, 0.2) is 0 Å². The molecule has 0 saturated carbocycles. The number of hydrogen-bond donors (Lipinski definition) is 1. The van der Waals surface area contributed by atoms with Crippen molar-refractivity contribution in [3.8, 4) is 0 Å². The van der Waals surface area contributed by atoms with Crippen molar-refractivity contribution >= 4 is 17.3 Å². The van der Waals surface area contributed by atoms with Crippen LogP contribution in [0.4, 0.5) is 0 Å². The summed E-state index contributed by atoms with van der Waals surface area (Å²) in [6.07, 6.45) is 3.59. The van der Waals surface area contributed by atoms with Crippen molar-refractivity contribution in [2.24, 2.45) is 0 Å². The molecular formula is C10H20N2OS. The number of ether oxygens (including phenoxy) is 1. The van der Waals surface area contributed by atoms with Crippen LogP contribution < -0.4 is 5.32 Å². The number of nitrogens with one attached hydrogen (secondary N) is 1. The molecule has 1 fully saturated rings. The minimum absolute atomic E-state index is 0.802. The standard InChI is InChI=1S/C10H20N2OS/c1-2-13-9-5-6-11-10(14)12-7-3-4-8-12/h2-9H2,1H3,(H,11,14). The quantitative estimate of drug-likeness (QED) is 0.554. The van der Waals surface area contributed by atoms with Gasteiger partial charge in [0, 0.05) is 32.8 Å². The molecule has 1 heterocycles. The predicted molar refractivity (Wildman–Crippen MR) is 62.5 cm³/mol. The van der Waals surface area contributed by atoms with Crippen LogP contribution in [0.2, 0.25) is 0 Å². The van der Waals surface area contributed by atoms with E-state index in [0.29, 0.717) is 0 Å². The monoisotopic (exact) mass is 216 g/mol. The second kappa shape index (κ2) is 7.01. The number of hydrogen-bond acceptors (Lipinski definition) is 2. The molecule has 0 aliphatic carbocycles. The predicted octanol–water partition coefficient (Wildman–Crippen LogP) is 1.38. The lowest BCUT2D eigenvalue weighted by Gasteiger charge is -2.19. The molecule has 0 spiro atoms. The van der Waals surface area contributed by atoms with Gasteiger partial charge in [-0.2, -0.15) is 0 Å². The van der Waals surface area contributed by atoms with Gasteiger partial charge in [0.25, 0.3) is 0 Å². The summed E-state index contributed by atoms with van der Waals surface area (Å²) in [4.78, 5) is 2.25. The Hall–Kier alpha value is -0.350. The summed E-state index contributed by atoms with van der Waals surface area (Å²) in [7, 11) is 0. The first-order valence-electron chi connectivity index (χ1n) is 5.45. The van der Waals surface area contributed by atoms with E-state index in [1.54, 1.807) is 0 Å². The van der Waals surface area contributed by atoms with Gasteiger partial charge in [0.1, 0.15) is 0 Å². The second-order valence-electron chi connectivity index (χ2n) is 3.48. The van der Waals surface area contributed by atoms with Gasteiger partial charge in [-0.25, -0.2) is 0 Å². The maximum Gasteiger partial charge on any atom is 0.168 e. The maximum absolute atomic E-state index is 5.27. The minimum Gasteiger partial charge on any atom is -0.382 e. The Bertz CT molecular complexity index is 170. The minimum atomic E-state index is 0.802. The third kappa shape index (κ3) is 4.24. The fraction of sp³-hybridized carbons (Fsp3) is 0.900. The second-order valence-corrected chi connectivity index (χ2v) is 3.86. The SMILES string of the molecule is CCOCCCNC(=S)N1CCCC1. The molecule has 1 saturated heterocycles. The average molecular weight is 216 g/mol. The smallest absolute Gasteiger partial charge is 0.168 e. The van der Waals surface area contributed by atoms with Crippen LogP contribution in [0.5, 0.6) is 0 Å². The van der Waals surface area contributed by atoms with Crippen molar-refractivity contribution in [2.45, 2.75) is 26.2 Å². The first-order chi connectivity index (χ1) is 6.84. The highest BCUT2D eigenvalue weighted by Crippen LogP contribution is 2.06. The molecule has 0 radical (unpaired) electrons. The van der Waals surface area contributed by atoms with Crippen LogP contribution in [-0.4, -0.2) is 42.9 Å². The van der Waals surface area contributed by atoms with Crippen molar-refractivity contribution in [3.05, 3.63) is 0 Å². The molecule has 0 bridgehead atoms. The molecule has 0 aromatic carbocycles. The summed E-state index contributed by atoms with van der Waals surface area (Å²) in [5, 5.41) is 4.18. The summed E-state index contributed by atoms with van der Waals surface area (Å²) in [5.41, 5.74) is 0. The van der Waals surface area contributed by atoms with Gasteiger partial charge < -0.3 is 15.0 Å². The lowest BCUT2D eigenvalue weighted by molar-refractivity contribution is 0.145. The van der Waals surface area contributed by atoms with Gasteiger partial charge in [0.2, 0.25) is 0 Å². The Kier molecular flexibility index (Phi) is 5.87. The summed E-state index contributed by atoms with van der Waals surface area (Å²) >= 11 is 5.27. The third-order valence-electron chi connectivity index (χ3n) is 2.34. The zero-order valence-electron chi connectivity index (χ0n) is 8.92. The van der Waals surface area contributed by atoms with Crippen LogP contribution in [0.1, 0.15) is 26.2 Å². The molecule has 1 aliphatic heterocycles. The number of rotatable bonds is 5. The third-order valence-corrected chi connectivity index (χ3v) is 2.74. The largest absolute Gasteiger partial charge is 0.382 e. The van der Waals surface area contributed by atoms with Gasteiger partial charge in [-0.15, -0.1) is 0 Å². The van der Waals surface area contributed by atoms with Crippen LogP contribution in [0, 0.1) is 0 Å². The van der Waals surface area contributed by atoms with Crippen molar-refractivity contribution in [1.29, 1.82) is 0 Å². The van der Waals surface area contributed by atoms with Gasteiger partial charge in [0.05, 0.1) is 0 Å². The zero-order chi connectivity index (χ0) is 10.2. The molecule has 4 heteroatoms. The highest BCUT2D eigenvalue weighted by molar-refractivity contribution is 7.80. The maximum atomic E-state index is 5.27. The summed E-state index contributed by atoms with van der Waals surface area (Å²) in [5.74, 6) is 0. The van der Waals surface area contributed by atoms with Crippen LogP contribution in [0.25, 0.3) is 0 Å². The molecule has 0 unspecified atom stereocenters. The van der Waals surface area contributed by atoms with Crippen LogP contribution in [0.3, 0.4) is 0 Å². The zero-order valence-corrected chi connectivity index (χ0v) is 9.74. The average Bonchev–Trinajstić information content (AvgIpc) is 2.70. The summed E-state index contributed by atoms with van der Waals surface area (Å²) < 4.78 is 5.24. The molecule has 14 heavy (non-hydrogen) atoms. The van der Waals surface area contributed by atoms with E-state index in [1.807, 2.05) is 6.92 Å². The van der Waals surface area contributed by atoms with Crippen molar-refractivity contribution in [1.82, 2.24) is 10.2 Å². The lowest BCUT2D eigenvalue weighted by Crippen LogP contribution is -2.38. The Morgan fingerprint density at radius 3 is 2.79 bits per heavy atom. The molecule has 0 aromatic rings. The molecule has 1 aliphatic rings. The van der Waals surface area contributed by atoms with E-state index in [4.69, 9.17) is 17.0 Å². The molecule has 0 aromatic heterocycles. The topological polar surface area (TPSA) is 24.5 Å². The van der Waals surface area contributed by atoms with Crippen LogP contribution >= 0.6 is 12.2 Å². The van der Waals surface area contributed by atoms with Gasteiger partial charge in [0.15, 0.2) is 5.11 Å². The fourth-order valence-corrected chi connectivity index (χ4v) is 1.83. The first-order valence-corrected chi connectivity index (χ1v) is 5.86. The molecular weight excluding hydrogens is 196 g/mol. The van der Waals surface area contributed by atoms with Crippen molar-refractivity contribution in [3.63, 3.8) is 0 Å². The Morgan fingerprint density at radius 2 is 2.14 bits per heavy atom. The first kappa shape index (κ1) is 11.7. The van der Waals surface area contributed by atoms with Crippen LogP contribution in [-0.2, 0) is 4.74 Å². The van der Waals surface area contributed by atoms with Crippen molar-refractivity contribution < 1.29 is 4.74 Å². The van der Waals surface area contributed by atoms with E-state index in [0.717, 1.165) is 44.4 Å². The van der Waals surface area contributed by atoms with E-state index < -0.39 is 0 Å². The fourth-order valence-electron chi connectivity index (χ4n) is 1.55. The Labute approximate surface area is 91.8 Å². The molecule has 1 N–H and O–H groups in total. The lowest BCUT2D eigenvalue weighted by atomic mass is 10.4. The molecule has 82 valence electrons. The summed E-state index contributed by atoms with van der Waals surface area (Å²) in [6.45, 7) is 6.81. The number of nitrogens with zero attached hydrogens (tertiary/aromatic N) is 1. The van der Waals surface area contributed by atoms with Gasteiger partial charge in [-0.05, 0) is 38.4 Å². The van der Waals surface area contributed by atoms with Gasteiger partial charge in [-0.1, -0.05) is 0 Å². The van der Waals surface area contributed by atoms with Gasteiger partial charge in [-0.3, -0.25) is 0 Å². The number of likely N-dealkylation sites (tertiary alicyclic amines) is 1. The molecule has 0 amide bonds. The normalized spacial score (nSPS) is 15.9. The van der Waals surface area contributed by atoms with Crippen molar-refractivity contribution in [2.75, 3.05) is 32.8 Å². The van der Waals surface area contributed by atoms with E-state index >= 15 is 0 Å². The highest BCUT2D eigenvalue weighted by atomic mass is 32.1. The Morgan fingerprint density at radius 1 is 1.43 bits per heavy atom. The van der Waals surface area contributed by atoms with E-state index in [1.165, 1.54) is 12.8 Å². The molecule has 1 rings (SSSR count). The molecule has 3 nitrogen and oxygen atoms in total. The highest BCUT2D eigenvalue weighted by Gasteiger charge is 2.13. The number of thiocarbonyl (C=S) groups is 1. The van der Waals surface area contributed by atoms with E-state index in [9.17, 15) is 0 Å². The van der Waals surface area contributed by atoms with E-state index in [-0.39, 0.29) is 0 Å². The van der Waals surface area contributed by atoms with Gasteiger partial charge >= 0.3 is 0 Å². The van der Waals surface area contributed by atoms with E-state index in [2.05, 4.69) is 10.2 Å². The Balaban J connectivity index is 1.97.